The fourth-order valence-electron chi connectivity index (χ4n) is 5.01. The lowest BCUT2D eigenvalue weighted by atomic mass is 9.83. The van der Waals surface area contributed by atoms with Crippen LogP contribution >= 0.6 is 62.2 Å². The second-order valence-corrected chi connectivity index (χ2v) is 13.2. The van der Waals surface area contributed by atoms with Gasteiger partial charge in [-0.1, -0.05) is 74.4 Å². The molecule has 3 aromatic carbocycles. The van der Waals surface area contributed by atoms with Crippen molar-refractivity contribution in [3.8, 4) is 0 Å². The Morgan fingerprint density at radius 3 is 2.15 bits per heavy atom. The number of carbonyl (C=O) groups excluding carboxylic acids is 3. The molecule has 3 heterocycles. The summed E-state index contributed by atoms with van der Waals surface area (Å²) in [6.45, 7) is -0.242. The van der Waals surface area contributed by atoms with Gasteiger partial charge < -0.3 is 5.32 Å². The zero-order chi connectivity index (χ0) is 28.1. The molecule has 4 aromatic rings. The van der Waals surface area contributed by atoms with E-state index < -0.39 is 23.0 Å². The number of imide groups is 1. The van der Waals surface area contributed by atoms with E-state index in [1.807, 2.05) is 24.3 Å². The minimum Gasteiger partial charge on any atom is -0.325 e. The number of nitrogens with zero attached hydrogens (tertiary/aromatic N) is 2. The maximum absolute atomic E-state index is 13.9. The van der Waals surface area contributed by atoms with Crippen LogP contribution in [-0.4, -0.2) is 27.5 Å². The number of rotatable bonds is 5. The van der Waals surface area contributed by atoms with Crippen molar-refractivity contribution >= 4 is 91.3 Å². The first-order valence-corrected chi connectivity index (χ1v) is 15.3. The van der Waals surface area contributed by atoms with Crippen LogP contribution in [-0.2, 0) is 20.9 Å². The highest BCUT2D eigenvalue weighted by molar-refractivity contribution is 9.10. The second kappa shape index (κ2) is 10.8. The number of hydrogen-bond acceptors (Lipinski definition) is 6. The number of nitrogens with one attached hydrogen (secondary N) is 1. The molecule has 7 nitrogen and oxygen atoms in total. The third-order valence-electron chi connectivity index (χ3n) is 6.79. The highest BCUT2D eigenvalue weighted by atomic mass is 79.9. The SMILES string of the molecule is O=C(Cn1c2c(sc1=O)[C@H](c1ccc(Br)cc1)C1C(=O)N(c3ccc(Cl)cc3)C(=O)C1S2)Nc1ccc(Cl)cc1. The Morgan fingerprint density at radius 2 is 1.50 bits per heavy atom. The summed E-state index contributed by atoms with van der Waals surface area (Å²) in [6, 6.07) is 20.7. The van der Waals surface area contributed by atoms with Crippen molar-refractivity contribution in [1.29, 1.82) is 0 Å². The number of benzene rings is 3. The molecule has 2 aliphatic heterocycles. The molecular formula is C28H18BrCl2N3O4S2. The molecule has 0 saturated carbocycles. The largest absolute Gasteiger partial charge is 0.325 e. The summed E-state index contributed by atoms with van der Waals surface area (Å²) in [5.74, 6) is -2.37. The van der Waals surface area contributed by atoms with Crippen molar-refractivity contribution in [3.05, 3.63) is 107 Å². The van der Waals surface area contributed by atoms with Crippen LogP contribution in [0.15, 0.2) is 87.1 Å². The number of thiazole rings is 1. The molecular weight excluding hydrogens is 657 g/mol. The Labute approximate surface area is 255 Å². The molecule has 1 N–H and O–H groups in total. The molecule has 1 saturated heterocycles. The smallest absolute Gasteiger partial charge is 0.308 e. The fourth-order valence-corrected chi connectivity index (χ4v) is 8.30. The number of carbonyl (C=O) groups is 3. The average molecular weight is 675 g/mol. The number of aromatic nitrogens is 1. The van der Waals surface area contributed by atoms with Crippen molar-refractivity contribution in [1.82, 2.24) is 4.57 Å². The summed E-state index contributed by atoms with van der Waals surface area (Å²) >= 11 is 17.6. The van der Waals surface area contributed by atoms with Gasteiger partial charge in [-0.2, -0.15) is 0 Å². The summed E-state index contributed by atoms with van der Waals surface area (Å²) in [4.78, 5) is 55.4. The van der Waals surface area contributed by atoms with Gasteiger partial charge in [0.05, 0.1) is 16.6 Å². The first-order chi connectivity index (χ1) is 19.2. The van der Waals surface area contributed by atoms with E-state index >= 15 is 0 Å². The summed E-state index contributed by atoms with van der Waals surface area (Å²) in [5.41, 5.74) is 1.78. The maximum atomic E-state index is 13.9. The third-order valence-corrected chi connectivity index (χ3v) is 10.4. The molecule has 2 unspecified atom stereocenters. The molecule has 0 aliphatic carbocycles. The molecule has 0 spiro atoms. The Hall–Kier alpha value is -2.89. The molecule has 1 aromatic heterocycles. The maximum Gasteiger partial charge on any atom is 0.308 e. The molecule has 0 bridgehead atoms. The zero-order valence-electron chi connectivity index (χ0n) is 20.3. The molecule has 202 valence electrons. The molecule has 6 rings (SSSR count). The molecule has 3 atom stereocenters. The van der Waals surface area contributed by atoms with Gasteiger partial charge in [0.2, 0.25) is 17.7 Å². The van der Waals surface area contributed by atoms with E-state index in [0.717, 1.165) is 21.4 Å². The monoisotopic (exact) mass is 673 g/mol. The molecule has 1 fully saturated rings. The summed E-state index contributed by atoms with van der Waals surface area (Å²) < 4.78 is 2.25. The fraction of sp³-hybridized carbons (Fsp3) is 0.143. The average Bonchev–Trinajstić information content (AvgIpc) is 3.37. The summed E-state index contributed by atoms with van der Waals surface area (Å²) in [5, 5.41) is 3.55. The molecule has 0 radical (unpaired) electrons. The van der Waals surface area contributed by atoms with E-state index in [9.17, 15) is 19.2 Å². The first-order valence-electron chi connectivity index (χ1n) is 12.1. The zero-order valence-corrected chi connectivity index (χ0v) is 25.1. The quantitative estimate of drug-likeness (QED) is 0.247. The number of amides is 3. The van der Waals surface area contributed by atoms with Crippen LogP contribution < -0.4 is 15.1 Å². The molecule has 40 heavy (non-hydrogen) atoms. The Morgan fingerprint density at radius 1 is 0.875 bits per heavy atom. The van der Waals surface area contributed by atoms with Crippen LogP contribution in [0.1, 0.15) is 16.4 Å². The lowest BCUT2D eigenvalue weighted by Gasteiger charge is -2.30. The van der Waals surface area contributed by atoms with Gasteiger partial charge in [-0.15, -0.1) is 0 Å². The number of hydrogen-bond donors (Lipinski definition) is 1. The van der Waals surface area contributed by atoms with E-state index in [-0.39, 0.29) is 23.2 Å². The number of thioether (sulfide) groups is 1. The molecule has 2 aliphatic rings. The van der Waals surface area contributed by atoms with Crippen LogP contribution in [0.5, 0.6) is 0 Å². The van der Waals surface area contributed by atoms with Crippen molar-refractivity contribution in [3.63, 3.8) is 0 Å². The van der Waals surface area contributed by atoms with E-state index in [0.29, 0.717) is 31.3 Å². The van der Waals surface area contributed by atoms with E-state index in [4.69, 9.17) is 23.2 Å². The highest BCUT2D eigenvalue weighted by Gasteiger charge is 2.56. The van der Waals surface area contributed by atoms with Crippen LogP contribution in [0.25, 0.3) is 0 Å². The molecule has 3 amide bonds. The predicted molar refractivity (Wildman–Crippen MR) is 162 cm³/mol. The minimum atomic E-state index is -0.774. The van der Waals surface area contributed by atoms with E-state index in [1.54, 1.807) is 48.5 Å². The summed E-state index contributed by atoms with van der Waals surface area (Å²) in [7, 11) is 0. The van der Waals surface area contributed by atoms with Crippen LogP contribution in [0.3, 0.4) is 0 Å². The van der Waals surface area contributed by atoms with Crippen molar-refractivity contribution in [2.75, 3.05) is 10.2 Å². The van der Waals surface area contributed by atoms with Crippen LogP contribution in [0.2, 0.25) is 10.0 Å². The highest BCUT2D eigenvalue weighted by Crippen LogP contribution is 2.54. The normalized spacial score (nSPS) is 19.9. The van der Waals surface area contributed by atoms with Gasteiger partial charge in [0.15, 0.2) is 0 Å². The van der Waals surface area contributed by atoms with Gasteiger partial charge in [0.25, 0.3) is 0 Å². The van der Waals surface area contributed by atoms with Gasteiger partial charge in [-0.25, -0.2) is 4.90 Å². The van der Waals surface area contributed by atoms with Gasteiger partial charge >= 0.3 is 4.87 Å². The van der Waals surface area contributed by atoms with Gasteiger partial charge in [0, 0.05) is 31.0 Å². The van der Waals surface area contributed by atoms with Crippen LogP contribution in [0, 0.1) is 5.92 Å². The lowest BCUT2D eigenvalue weighted by Crippen LogP contribution is -2.33. The predicted octanol–water partition coefficient (Wildman–Crippen LogP) is 6.41. The first kappa shape index (κ1) is 27.3. The van der Waals surface area contributed by atoms with Gasteiger partial charge in [-0.05, 0) is 66.2 Å². The standard InChI is InChI=1S/C28H18BrCl2N3O4S2/c29-15-3-1-14(2-4-15)21-22-23(26(37)34(25(22)36)19-11-7-17(31)8-12-19)39-27-24(21)40-28(38)33(27)13-20(35)32-18-9-5-16(30)6-10-18/h1-12,21-23H,13H2,(H,32,35)/t21-,22?,23?/m1/s1. The van der Waals surface area contributed by atoms with Crippen LogP contribution in [0.4, 0.5) is 11.4 Å². The number of anilines is 2. The Kier molecular flexibility index (Phi) is 7.39. The van der Waals surface area contributed by atoms with Crippen molar-refractivity contribution in [2.45, 2.75) is 22.7 Å². The summed E-state index contributed by atoms with van der Waals surface area (Å²) in [6.07, 6.45) is 0. The topological polar surface area (TPSA) is 88.5 Å². The second-order valence-electron chi connectivity index (χ2n) is 9.26. The Balaban J connectivity index is 1.40. The van der Waals surface area contributed by atoms with E-state index in [2.05, 4.69) is 21.2 Å². The van der Waals surface area contributed by atoms with Crippen molar-refractivity contribution < 1.29 is 14.4 Å². The Bertz CT molecular complexity index is 1710. The van der Waals surface area contributed by atoms with E-state index in [1.165, 1.54) is 21.2 Å². The molecule has 12 heteroatoms. The minimum absolute atomic E-state index is 0.242. The van der Waals surface area contributed by atoms with Gasteiger partial charge in [-0.3, -0.25) is 23.7 Å². The van der Waals surface area contributed by atoms with Crippen molar-refractivity contribution in [2.24, 2.45) is 5.92 Å². The third kappa shape index (κ3) is 4.92. The van der Waals surface area contributed by atoms with Gasteiger partial charge in [0.1, 0.15) is 11.8 Å². The lowest BCUT2D eigenvalue weighted by molar-refractivity contribution is -0.122. The number of fused-ring (bicyclic) bond motifs is 2. The number of halogens is 3.